The molecular formula is C19H27N3O2. The molecule has 0 atom stereocenters. The molecule has 0 unspecified atom stereocenters. The third kappa shape index (κ3) is 4.60. The molecule has 1 aromatic carbocycles. The van der Waals surface area contributed by atoms with Crippen LogP contribution in [0.15, 0.2) is 34.9 Å². The van der Waals surface area contributed by atoms with E-state index in [1.165, 1.54) is 5.56 Å². The molecule has 0 aliphatic rings. The number of hydrogen-bond acceptors (Lipinski definition) is 4. The predicted octanol–water partition coefficient (Wildman–Crippen LogP) is 4.32. The number of carbonyl (C=O) groups is 1. The first kappa shape index (κ1) is 18.0. The Morgan fingerprint density at radius 1 is 1.08 bits per heavy atom. The molecule has 0 aliphatic heterocycles. The predicted molar refractivity (Wildman–Crippen MR) is 97.5 cm³/mol. The van der Waals surface area contributed by atoms with Crippen LogP contribution < -0.4 is 10.6 Å². The summed E-state index contributed by atoms with van der Waals surface area (Å²) >= 11 is 0. The van der Waals surface area contributed by atoms with Gasteiger partial charge in [-0.3, -0.25) is 10.1 Å². The van der Waals surface area contributed by atoms with Gasteiger partial charge in [-0.1, -0.05) is 64.9 Å². The molecule has 2 aromatic rings. The lowest BCUT2D eigenvalue weighted by atomic mass is 9.86. The van der Waals surface area contributed by atoms with Crippen molar-refractivity contribution in [2.24, 2.45) is 0 Å². The molecule has 0 bridgehead atoms. The maximum atomic E-state index is 12.1. The molecule has 2 rings (SSSR count). The lowest BCUT2D eigenvalue weighted by Crippen LogP contribution is -2.23. The Hall–Kier alpha value is -2.30. The van der Waals surface area contributed by atoms with E-state index in [4.69, 9.17) is 4.52 Å². The van der Waals surface area contributed by atoms with Crippen LogP contribution in [-0.2, 0) is 15.6 Å². The van der Waals surface area contributed by atoms with Crippen molar-refractivity contribution in [3.05, 3.63) is 41.6 Å². The number of carbonyl (C=O) groups excluding carboxylic acids is 1. The Morgan fingerprint density at radius 3 is 2.33 bits per heavy atom. The van der Waals surface area contributed by atoms with Crippen LogP contribution in [0.1, 0.15) is 52.8 Å². The molecule has 5 heteroatoms. The van der Waals surface area contributed by atoms with Gasteiger partial charge in [-0.15, -0.1) is 0 Å². The first-order chi connectivity index (χ1) is 11.1. The van der Waals surface area contributed by atoms with Crippen LogP contribution in [0.25, 0.3) is 0 Å². The fourth-order valence-electron chi connectivity index (χ4n) is 2.34. The number of amides is 1. The molecule has 130 valence electrons. The summed E-state index contributed by atoms with van der Waals surface area (Å²) in [6.07, 6.45) is 0. The van der Waals surface area contributed by atoms with Crippen LogP contribution in [0.5, 0.6) is 0 Å². The summed E-state index contributed by atoms with van der Waals surface area (Å²) in [5.74, 6) is 0.200. The smallest absolute Gasteiger partial charge is 0.246 e. The summed E-state index contributed by atoms with van der Waals surface area (Å²) in [7, 11) is 0. The number of anilines is 2. The summed E-state index contributed by atoms with van der Waals surface area (Å²) in [6, 6.07) is 9.79. The Kier molecular flexibility index (Phi) is 5.02. The van der Waals surface area contributed by atoms with Crippen LogP contribution in [0.3, 0.4) is 0 Å². The van der Waals surface area contributed by atoms with Crippen molar-refractivity contribution in [3.63, 3.8) is 0 Å². The summed E-state index contributed by atoms with van der Waals surface area (Å²) < 4.78 is 5.18. The van der Waals surface area contributed by atoms with Crippen molar-refractivity contribution in [2.75, 3.05) is 17.2 Å². The highest BCUT2D eigenvalue weighted by atomic mass is 16.5. The Labute approximate surface area is 143 Å². The van der Waals surface area contributed by atoms with Gasteiger partial charge in [0.25, 0.3) is 0 Å². The minimum atomic E-state index is -0.171. The molecule has 1 amide bonds. The molecule has 1 aromatic heterocycles. The fraction of sp³-hybridized carbons (Fsp3) is 0.474. The highest BCUT2D eigenvalue weighted by Gasteiger charge is 2.20. The molecule has 0 spiro atoms. The number of hydrogen-bond donors (Lipinski definition) is 2. The third-order valence-electron chi connectivity index (χ3n) is 3.72. The first-order valence-corrected chi connectivity index (χ1v) is 8.18. The minimum Gasteiger partial charge on any atom is -0.376 e. The highest BCUT2D eigenvalue weighted by Crippen LogP contribution is 2.29. The molecule has 0 radical (unpaired) electrons. The second kappa shape index (κ2) is 6.67. The van der Waals surface area contributed by atoms with Crippen molar-refractivity contribution >= 4 is 17.5 Å². The average molecular weight is 329 g/mol. The Morgan fingerprint density at radius 2 is 1.75 bits per heavy atom. The van der Waals surface area contributed by atoms with Gasteiger partial charge in [-0.25, -0.2) is 0 Å². The lowest BCUT2D eigenvalue weighted by molar-refractivity contribution is -0.114. The SMILES string of the molecule is CC(C)(C)c1cc(NC(=O)CNc2ccccc2C(C)(C)C)on1. The van der Waals surface area contributed by atoms with E-state index >= 15 is 0 Å². The van der Waals surface area contributed by atoms with E-state index in [1.807, 2.05) is 39.0 Å². The van der Waals surface area contributed by atoms with Gasteiger partial charge in [0.15, 0.2) is 0 Å². The van der Waals surface area contributed by atoms with Crippen molar-refractivity contribution in [3.8, 4) is 0 Å². The van der Waals surface area contributed by atoms with Gasteiger partial charge in [0.2, 0.25) is 11.8 Å². The number of nitrogens with zero attached hydrogens (tertiary/aromatic N) is 1. The fourth-order valence-corrected chi connectivity index (χ4v) is 2.34. The number of aromatic nitrogens is 1. The van der Waals surface area contributed by atoms with Gasteiger partial charge >= 0.3 is 0 Å². The van der Waals surface area contributed by atoms with Gasteiger partial charge in [-0.2, -0.15) is 0 Å². The van der Waals surface area contributed by atoms with E-state index in [-0.39, 0.29) is 23.3 Å². The molecule has 24 heavy (non-hydrogen) atoms. The standard InChI is InChI=1S/C19H27N3O2/c1-18(2,3)13-9-7-8-10-14(13)20-12-16(23)21-17-11-15(22-24-17)19(4,5)6/h7-11,20H,12H2,1-6H3,(H,21,23). The first-order valence-electron chi connectivity index (χ1n) is 8.18. The zero-order valence-electron chi connectivity index (χ0n) is 15.4. The van der Waals surface area contributed by atoms with E-state index in [2.05, 4.69) is 42.6 Å². The summed E-state index contributed by atoms with van der Waals surface area (Å²) in [6.45, 7) is 12.7. The highest BCUT2D eigenvalue weighted by molar-refractivity contribution is 5.92. The summed E-state index contributed by atoms with van der Waals surface area (Å²) in [5, 5.41) is 9.93. The topological polar surface area (TPSA) is 67.2 Å². The minimum absolute atomic E-state index is 0.00656. The molecule has 5 nitrogen and oxygen atoms in total. The van der Waals surface area contributed by atoms with E-state index in [1.54, 1.807) is 6.07 Å². The Bertz CT molecular complexity index is 706. The Balaban J connectivity index is 1.98. The van der Waals surface area contributed by atoms with Crippen molar-refractivity contribution in [1.29, 1.82) is 0 Å². The van der Waals surface area contributed by atoms with Crippen molar-refractivity contribution in [2.45, 2.75) is 52.4 Å². The van der Waals surface area contributed by atoms with Gasteiger partial charge in [0.05, 0.1) is 12.2 Å². The van der Waals surface area contributed by atoms with Crippen LogP contribution in [-0.4, -0.2) is 17.6 Å². The van der Waals surface area contributed by atoms with E-state index in [0.717, 1.165) is 11.4 Å². The molecule has 1 heterocycles. The van der Waals surface area contributed by atoms with Crippen molar-refractivity contribution in [1.82, 2.24) is 5.16 Å². The molecule has 2 N–H and O–H groups in total. The van der Waals surface area contributed by atoms with Crippen LogP contribution in [0.2, 0.25) is 0 Å². The third-order valence-corrected chi connectivity index (χ3v) is 3.72. The summed E-state index contributed by atoms with van der Waals surface area (Å²) in [4.78, 5) is 12.1. The quantitative estimate of drug-likeness (QED) is 0.876. The monoisotopic (exact) mass is 329 g/mol. The normalized spacial score (nSPS) is 12.1. The average Bonchev–Trinajstić information content (AvgIpc) is 2.93. The molecule has 0 saturated carbocycles. The van der Waals surface area contributed by atoms with E-state index < -0.39 is 0 Å². The largest absolute Gasteiger partial charge is 0.376 e. The molecule has 0 saturated heterocycles. The van der Waals surface area contributed by atoms with Crippen LogP contribution in [0.4, 0.5) is 11.6 Å². The number of para-hydroxylation sites is 1. The summed E-state index contributed by atoms with van der Waals surface area (Å²) in [5.41, 5.74) is 2.84. The number of rotatable bonds is 4. The lowest BCUT2D eigenvalue weighted by Gasteiger charge is -2.23. The maximum absolute atomic E-state index is 12.1. The molecular weight excluding hydrogens is 302 g/mol. The maximum Gasteiger partial charge on any atom is 0.246 e. The zero-order valence-corrected chi connectivity index (χ0v) is 15.4. The van der Waals surface area contributed by atoms with Gasteiger partial charge < -0.3 is 9.84 Å². The number of nitrogens with one attached hydrogen (secondary N) is 2. The van der Waals surface area contributed by atoms with E-state index in [0.29, 0.717) is 5.88 Å². The zero-order chi connectivity index (χ0) is 18.0. The van der Waals surface area contributed by atoms with Gasteiger partial charge in [-0.05, 0) is 17.0 Å². The van der Waals surface area contributed by atoms with E-state index in [9.17, 15) is 4.79 Å². The van der Waals surface area contributed by atoms with Crippen LogP contribution >= 0.6 is 0 Å². The van der Waals surface area contributed by atoms with Gasteiger partial charge in [0.1, 0.15) is 0 Å². The van der Waals surface area contributed by atoms with Gasteiger partial charge in [0, 0.05) is 17.2 Å². The molecule has 0 aliphatic carbocycles. The second-order valence-electron chi connectivity index (χ2n) is 8.02. The molecule has 0 fully saturated rings. The second-order valence-corrected chi connectivity index (χ2v) is 8.02. The van der Waals surface area contributed by atoms with Crippen LogP contribution in [0, 0.1) is 0 Å². The number of benzene rings is 1. The van der Waals surface area contributed by atoms with Crippen molar-refractivity contribution < 1.29 is 9.32 Å².